The minimum Gasteiger partial charge on any atom is -0.494 e. The summed E-state index contributed by atoms with van der Waals surface area (Å²) in [6, 6.07) is 16.0. The van der Waals surface area contributed by atoms with E-state index in [-0.39, 0.29) is 5.43 Å². The lowest BCUT2D eigenvalue weighted by Crippen LogP contribution is -2.34. The van der Waals surface area contributed by atoms with Gasteiger partial charge in [0.15, 0.2) is 5.75 Å². The molecule has 2 aromatic carbocycles. The van der Waals surface area contributed by atoms with Crippen molar-refractivity contribution < 1.29 is 14.2 Å². The first-order valence-corrected chi connectivity index (χ1v) is 11.3. The van der Waals surface area contributed by atoms with E-state index < -0.39 is 0 Å². The zero-order valence-electron chi connectivity index (χ0n) is 19.2. The molecule has 0 amide bonds. The average Bonchev–Trinajstić information content (AvgIpc) is 3.26. The van der Waals surface area contributed by atoms with Gasteiger partial charge in [-0.3, -0.25) is 9.69 Å². The first kappa shape index (κ1) is 22.4. The van der Waals surface area contributed by atoms with Gasteiger partial charge in [-0.2, -0.15) is 0 Å². The molecule has 1 aliphatic heterocycles. The zero-order valence-corrected chi connectivity index (χ0v) is 19.2. The maximum atomic E-state index is 12.9. The first-order chi connectivity index (χ1) is 15.6. The Morgan fingerprint density at radius 1 is 1.06 bits per heavy atom. The Labute approximate surface area is 189 Å². The Kier molecular flexibility index (Phi) is 7.12. The van der Waals surface area contributed by atoms with Crippen LogP contribution in [0.5, 0.6) is 11.5 Å². The second-order valence-electron chi connectivity index (χ2n) is 8.30. The van der Waals surface area contributed by atoms with Crippen molar-refractivity contribution >= 4 is 10.9 Å². The number of hydrogen-bond donors (Lipinski definition) is 0. The van der Waals surface area contributed by atoms with Crippen molar-refractivity contribution in [3.05, 3.63) is 58.8 Å². The molecule has 1 fully saturated rings. The van der Waals surface area contributed by atoms with Crippen LogP contribution in [0.15, 0.2) is 53.3 Å². The van der Waals surface area contributed by atoms with E-state index in [0.717, 1.165) is 48.6 Å². The number of fused-ring (bicyclic) bond motifs is 1. The van der Waals surface area contributed by atoms with Gasteiger partial charge in [0.25, 0.3) is 0 Å². The van der Waals surface area contributed by atoms with Crippen LogP contribution >= 0.6 is 0 Å². The fraction of sp³-hybridized carbons (Fsp3) is 0.423. The molecule has 4 rings (SSSR count). The number of methoxy groups -OCH3 is 2. The standard InChI is InChI=1S/C26H32N2O4/c1-27-23-10-5-4-9-22(23)25(29)26(31-3)24(27)19-11-13-21(14-12-19)32-17-7-16-28-15-6-8-20(28)18-30-2/h4-5,9-14,20H,6-8,15-18H2,1-3H3/t20-/m0/s1. The molecule has 0 bridgehead atoms. The number of aromatic nitrogens is 1. The lowest BCUT2D eigenvalue weighted by molar-refractivity contribution is 0.111. The van der Waals surface area contributed by atoms with Crippen molar-refractivity contribution in [2.45, 2.75) is 25.3 Å². The quantitative estimate of drug-likeness (QED) is 0.473. The van der Waals surface area contributed by atoms with Crippen molar-refractivity contribution in [3.8, 4) is 22.8 Å². The Balaban J connectivity index is 1.45. The number of ether oxygens (including phenoxy) is 3. The summed E-state index contributed by atoms with van der Waals surface area (Å²) in [6.45, 7) is 3.66. The van der Waals surface area contributed by atoms with Gasteiger partial charge in [-0.25, -0.2) is 0 Å². The van der Waals surface area contributed by atoms with Crippen LogP contribution in [0.25, 0.3) is 22.2 Å². The van der Waals surface area contributed by atoms with E-state index in [9.17, 15) is 4.79 Å². The van der Waals surface area contributed by atoms with Crippen LogP contribution in [-0.4, -0.2) is 56.0 Å². The van der Waals surface area contributed by atoms with Crippen molar-refractivity contribution in [1.29, 1.82) is 0 Å². The van der Waals surface area contributed by atoms with E-state index >= 15 is 0 Å². The average molecular weight is 437 g/mol. The Bertz CT molecular complexity index is 1110. The minimum absolute atomic E-state index is 0.0924. The van der Waals surface area contributed by atoms with Gasteiger partial charge < -0.3 is 18.8 Å². The summed E-state index contributed by atoms with van der Waals surface area (Å²) in [5.74, 6) is 1.18. The molecule has 32 heavy (non-hydrogen) atoms. The normalized spacial score (nSPS) is 16.5. The van der Waals surface area contributed by atoms with Gasteiger partial charge in [-0.1, -0.05) is 12.1 Å². The van der Waals surface area contributed by atoms with Gasteiger partial charge in [0.1, 0.15) is 5.75 Å². The summed E-state index contributed by atoms with van der Waals surface area (Å²) in [5.41, 5.74) is 2.47. The van der Waals surface area contributed by atoms with E-state index in [4.69, 9.17) is 14.2 Å². The van der Waals surface area contributed by atoms with Gasteiger partial charge in [0.2, 0.25) is 5.43 Å². The van der Waals surface area contributed by atoms with E-state index in [1.165, 1.54) is 12.8 Å². The second kappa shape index (κ2) is 10.2. The highest BCUT2D eigenvalue weighted by atomic mass is 16.5. The number of nitrogens with zero attached hydrogens (tertiary/aromatic N) is 2. The van der Waals surface area contributed by atoms with Crippen molar-refractivity contribution in [2.75, 3.05) is 40.5 Å². The summed E-state index contributed by atoms with van der Waals surface area (Å²) < 4.78 is 18.8. The number of benzene rings is 2. The maximum absolute atomic E-state index is 12.9. The third-order valence-corrected chi connectivity index (χ3v) is 6.32. The zero-order chi connectivity index (χ0) is 22.5. The van der Waals surface area contributed by atoms with E-state index in [1.807, 2.05) is 60.1 Å². The number of pyridine rings is 1. The van der Waals surface area contributed by atoms with Crippen molar-refractivity contribution in [2.24, 2.45) is 7.05 Å². The Morgan fingerprint density at radius 2 is 1.84 bits per heavy atom. The molecule has 1 aliphatic rings. The highest BCUT2D eigenvalue weighted by Gasteiger charge is 2.23. The largest absolute Gasteiger partial charge is 0.494 e. The van der Waals surface area contributed by atoms with Crippen LogP contribution in [0.3, 0.4) is 0 Å². The maximum Gasteiger partial charge on any atom is 0.231 e. The molecular weight excluding hydrogens is 404 g/mol. The molecule has 1 aromatic heterocycles. The predicted octanol–water partition coefficient (Wildman–Crippen LogP) is 4.09. The third-order valence-electron chi connectivity index (χ3n) is 6.32. The van der Waals surface area contributed by atoms with Crippen LogP contribution in [0.1, 0.15) is 19.3 Å². The summed E-state index contributed by atoms with van der Waals surface area (Å²) in [7, 11) is 5.28. The molecule has 0 saturated carbocycles. The monoisotopic (exact) mass is 436 g/mol. The van der Waals surface area contributed by atoms with Crippen LogP contribution in [0, 0.1) is 0 Å². The summed E-state index contributed by atoms with van der Waals surface area (Å²) in [4.78, 5) is 15.4. The fourth-order valence-corrected chi connectivity index (χ4v) is 4.71. The molecule has 6 heteroatoms. The van der Waals surface area contributed by atoms with Crippen LogP contribution < -0.4 is 14.9 Å². The number of para-hydroxylation sites is 1. The number of hydrogen-bond acceptors (Lipinski definition) is 5. The smallest absolute Gasteiger partial charge is 0.231 e. The number of likely N-dealkylation sites (tertiary alicyclic amines) is 1. The molecule has 1 saturated heterocycles. The molecular formula is C26H32N2O4. The number of aryl methyl sites for hydroxylation is 1. The highest BCUT2D eigenvalue weighted by Crippen LogP contribution is 2.31. The molecule has 6 nitrogen and oxygen atoms in total. The predicted molar refractivity (Wildman–Crippen MR) is 128 cm³/mol. The SMILES string of the molecule is COC[C@@H]1CCCN1CCCOc1ccc(-c2c(OC)c(=O)c3ccccc3n2C)cc1. The molecule has 0 unspecified atom stereocenters. The molecule has 0 aliphatic carbocycles. The molecule has 170 valence electrons. The van der Waals surface area contributed by atoms with Gasteiger partial charge in [0.05, 0.1) is 31.5 Å². The van der Waals surface area contributed by atoms with Gasteiger partial charge in [-0.05, 0) is 62.2 Å². The van der Waals surface area contributed by atoms with Crippen LogP contribution in [-0.2, 0) is 11.8 Å². The van der Waals surface area contributed by atoms with E-state index in [1.54, 1.807) is 14.2 Å². The molecule has 1 atom stereocenters. The van der Waals surface area contributed by atoms with Gasteiger partial charge >= 0.3 is 0 Å². The van der Waals surface area contributed by atoms with Gasteiger partial charge in [-0.15, -0.1) is 0 Å². The third kappa shape index (κ3) is 4.52. The molecule has 0 spiro atoms. The summed E-state index contributed by atoms with van der Waals surface area (Å²) in [6.07, 6.45) is 3.45. The topological polar surface area (TPSA) is 52.9 Å². The fourth-order valence-electron chi connectivity index (χ4n) is 4.71. The van der Waals surface area contributed by atoms with Crippen LogP contribution in [0.4, 0.5) is 0 Å². The molecule has 0 radical (unpaired) electrons. The lowest BCUT2D eigenvalue weighted by Gasteiger charge is -2.23. The Morgan fingerprint density at radius 3 is 2.59 bits per heavy atom. The molecule has 3 aromatic rings. The van der Waals surface area contributed by atoms with Crippen LogP contribution in [0.2, 0.25) is 0 Å². The van der Waals surface area contributed by atoms with E-state index in [2.05, 4.69) is 4.90 Å². The summed E-state index contributed by atoms with van der Waals surface area (Å²) in [5, 5.41) is 0.654. The molecule has 2 heterocycles. The first-order valence-electron chi connectivity index (χ1n) is 11.3. The number of rotatable bonds is 9. The van der Waals surface area contributed by atoms with E-state index in [0.29, 0.717) is 23.8 Å². The summed E-state index contributed by atoms with van der Waals surface area (Å²) >= 11 is 0. The second-order valence-corrected chi connectivity index (χ2v) is 8.30. The minimum atomic E-state index is -0.0924. The van der Waals surface area contributed by atoms with Crippen molar-refractivity contribution in [1.82, 2.24) is 9.47 Å². The molecule has 0 N–H and O–H groups in total. The Hall–Kier alpha value is -2.83. The lowest BCUT2D eigenvalue weighted by atomic mass is 10.1. The van der Waals surface area contributed by atoms with Gasteiger partial charge in [0, 0.05) is 37.7 Å². The highest BCUT2D eigenvalue weighted by molar-refractivity contribution is 5.85. The van der Waals surface area contributed by atoms with Crippen molar-refractivity contribution in [3.63, 3.8) is 0 Å².